The fraction of sp³-hybridized carbons (Fsp3) is 0.226. The van der Waals surface area contributed by atoms with Gasteiger partial charge >= 0.3 is 0 Å². The highest BCUT2D eigenvalue weighted by atomic mass is 16.1. The molecule has 0 bridgehead atoms. The van der Waals surface area contributed by atoms with E-state index in [1.54, 1.807) is 0 Å². The quantitative estimate of drug-likeness (QED) is 0.285. The monoisotopic (exact) mass is 433 g/mol. The van der Waals surface area contributed by atoms with Gasteiger partial charge < -0.3 is 0 Å². The van der Waals surface area contributed by atoms with Crippen LogP contribution in [0, 0.1) is 12.8 Å². The zero-order chi connectivity index (χ0) is 23.2. The van der Waals surface area contributed by atoms with E-state index in [1.165, 1.54) is 5.56 Å². The van der Waals surface area contributed by atoms with Crippen LogP contribution >= 0.6 is 0 Å². The van der Waals surface area contributed by atoms with Crippen molar-refractivity contribution < 1.29 is 4.79 Å². The molecule has 166 valence electrons. The maximum atomic E-state index is 13.5. The number of rotatable bonds is 8. The van der Waals surface area contributed by atoms with Crippen molar-refractivity contribution in [2.75, 3.05) is 0 Å². The maximum absolute atomic E-state index is 13.5. The lowest BCUT2D eigenvalue weighted by Gasteiger charge is -2.19. The molecule has 1 aromatic heterocycles. The molecule has 0 radical (unpaired) electrons. The van der Waals surface area contributed by atoms with Crippen molar-refractivity contribution in [2.24, 2.45) is 5.92 Å². The molecule has 0 amide bonds. The second-order valence-electron chi connectivity index (χ2n) is 9.20. The Morgan fingerprint density at radius 3 is 2.12 bits per heavy atom. The van der Waals surface area contributed by atoms with Crippen LogP contribution in [0.3, 0.4) is 0 Å². The van der Waals surface area contributed by atoms with Gasteiger partial charge in [-0.1, -0.05) is 92.7 Å². The Morgan fingerprint density at radius 1 is 0.758 bits per heavy atom. The molecule has 0 fully saturated rings. The van der Waals surface area contributed by atoms with Crippen LogP contribution in [0.4, 0.5) is 0 Å². The molecule has 0 aliphatic heterocycles. The molecule has 1 heterocycles. The zero-order valence-corrected chi connectivity index (χ0v) is 19.7. The molecule has 0 saturated heterocycles. The number of Topliss-reactive ketones (excluding diaryl/α,β-unsaturated/α-hetero) is 1. The van der Waals surface area contributed by atoms with Gasteiger partial charge in [0.25, 0.3) is 0 Å². The Labute approximate surface area is 197 Å². The second-order valence-corrected chi connectivity index (χ2v) is 9.20. The van der Waals surface area contributed by atoms with Crippen LogP contribution in [0.1, 0.15) is 43.0 Å². The minimum absolute atomic E-state index is 0.101. The molecule has 4 aromatic rings. The first-order valence-electron chi connectivity index (χ1n) is 11.7. The van der Waals surface area contributed by atoms with E-state index >= 15 is 0 Å². The van der Waals surface area contributed by atoms with Crippen molar-refractivity contribution in [3.8, 4) is 22.3 Å². The number of aryl methyl sites for hydroxylation is 1. The van der Waals surface area contributed by atoms with Crippen LogP contribution in [0.15, 0.2) is 97.2 Å². The Balaban J connectivity index is 1.55. The summed E-state index contributed by atoms with van der Waals surface area (Å²) in [7, 11) is 0. The van der Waals surface area contributed by atoms with Crippen LogP contribution in [-0.4, -0.2) is 10.8 Å². The summed E-state index contributed by atoms with van der Waals surface area (Å²) in [5.41, 5.74) is 7.80. The van der Waals surface area contributed by atoms with Crippen molar-refractivity contribution in [2.45, 2.75) is 39.5 Å². The van der Waals surface area contributed by atoms with Crippen molar-refractivity contribution >= 4 is 5.78 Å². The summed E-state index contributed by atoms with van der Waals surface area (Å²) in [4.78, 5) is 17.8. The Hall–Kier alpha value is -3.52. The summed E-state index contributed by atoms with van der Waals surface area (Å²) in [5, 5.41) is 0. The van der Waals surface area contributed by atoms with E-state index in [2.05, 4.69) is 97.7 Å². The topological polar surface area (TPSA) is 30.0 Å². The van der Waals surface area contributed by atoms with Gasteiger partial charge in [-0.25, -0.2) is 0 Å². The van der Waals surface area contributed by atoms with Crippen molar-refractivity contribution in [3.05, 3.63) is 114 Å². The van der Waals surface area contributed by atoms with Gasteiger partial charge in [-0.05, 0) is 64.8 Å². The van der Waals surface area contributed by atoms with Gasteiger partial charge in [0.1, 0.15) is 5.78 Å². The van der Waals surface area contributed by atoms with E-state index in [4.69, 9.17) is 0 Å². The van der Waals surface area contributed by atoms with Gasteiger partial charge in [-0.2, -0.15) is 0 Å². The summed E-state index contributed by atoms with van der Waals surface area (Å²) in [6.45, 7) is 6.37. The number of carbonyl (C=O) groups is 1. The van der Waals surface area contributed by atoms with Gasteiger partial charge in [0.15, 0.2) is 0 Å². The molecular formula is C31H31NO. The highest BCUT2D eigenvalue weighted by Gasteiger charge is 2.22. The number of aromatic nitrogens is 1. The standard InChI is InChI=1S/C31H31NO/c1-22(2)18-30(29-11-7-10-27(21-29)25-8-5-4-6-9-25)31(33)20-24-12-14-26(15-13-24)28-16-17-32-23(3)19-28/h4-17,19,21-22,30H,18,20H2,1-3H3. The number of benzene rings is 3. The summed E-state index contributed by atoms with van der Waals surface area (Å²) in [5.74, 6) is 0.620. The fourth-order valence-corrected chi connectivity index (χ4v) is 4.35. The first kappa shape index (κ1) is 22.7. The van der Waals surface area contributed by atoms with E-state index in [9.17, 15) is 4.79 Å². The van der Waals surface area contributed by atoms with E-state index in [-0.39, 0.29) is 11.7 Å². The summed E-state index contributed by atoms with van der Waals surface area (Å²) < 4.78 is 0. The van der Waals surface area contributed by atoms with E-state index in [0.29, 0.717) is 12.3 Å². The molecule has 0 aliphatic rings. The molecule has 33 heavy (non-hydrogen) atoms. The van der Waals surface area contributed by atoms with Crippen molar-refractivity contribution in [1.29, 1.82) is 0 Å². The van der Waals surface area contributed by atoms with E-state index < -0.39 is 0 Å². The van der Waals surface area contributed by atoms with E-state index in [1.807, 2.05) is 25.3 Å². The predicted octanol–water partition coefficient (Wildman–Crippen LogP) is 7.67. The number of ketones is 1. The average molecular weight is 434 g/mol. The number of nitrogens with zero attached hydrogens (tertiary/aromatic N) is 1. The summed E-state index contributed by atoms with van der Waals surface area (Å²) >= 11 is 0. The predicted molar refractivity (Wildman–Crippen MR) is 137 cm³/mol. The molecule has 0 N–H and O–H groups in total. The number of hydrogen-bond acceptors (Lipinski definition) is 2. The van der Waals surface area contributed by atoms with Crippen LogP contribution in [0.5, 0.6) is 0 Å². The average Bonchev–Trinajstić information content (AvgIpc) is 2.83. The second kappa shape index (κ2) is 10.4. The van der Waals surface area contributed by atoms with Gasteiger partial charge in [0, 0.05) is 24.2 Å². The van der Waals surface area contributed by atoms with Crippen LogP contribution in [0.2, 0.25) is 0 Å². The first-order valence-corrected chi connectivity index (χ1v) is 11.7. The third kappa shape index (κ3) is 5.84. The van der Waals surface area contributed by atoms with Crippen LogP contribution < -0.4 is 0 Å². The number of pyridine rings is 1. The Morgan fingerprint density at radius 2 is 1.42 bits per heavy atom. The van der Waals surface area contributed by atoms with Crippen LogP contribution in [-0.2, 0) is 11.2 Å². The third-order valence-corrected chi connectivity index (χ3v) is 6.05. The highest BCUT2D eigenvalue weighted by molar-refractivity contribution is 5.88. The molecular weight excluding hydrogens is 402 g/mol. The lowest BCUT2D eigenvalue weighted by atomic mass is 9.83. The van der Waals surface area contributed by atoms with Gasteiger partial charge in [0.05, 0.1) is 0 Å². The lowest BCUT2D eigenvalue weighted by molar-refractivity contribution is -0.120. The number of carbonyl (C=O) groups excluding carboxylic acids is 1. The smallest absolute Gasteiger partial charge is 0.144 e. The molecule has 3 aromatic carbocycles. The number of hydrogen-bond donors (Lipinski definition) is 0. The van der Waals surface area contributed by atoms with E-state index in [0.717, 1.165) is 39.9 Å². The molecule has 2 heteroatoms. The van der Waals surface area contributed by atoms with Crippen molar-refractivity contribution in [3.63, 3.8) is 0 Å². The highest BCUT2D eigenvalue weighted by Crippen LogP contribution is 2.30. The third-order valence-electron chi connectivity index (χ3n) is 6.05. The first-order chi connectivity index (χ1) is 16.0. The SMILES string of the molecule is Cc1cc(-c2ccc(CC(=O)C(CC(C)C)c3cccc(-c4ccccc4)c3)cc2)ccn1. The minimum Gasteiger partial charge on any atom is -0.299 e. The largest absolute Gasteiger partial charge is 0.299 e. The lowest BCUT2D eigenvalue weighted by Crippen LogP contribution is -2.17. The van der Waals surface area contributed by atoms with Crippen LogP contribution in [0.25, 0.3) is 22.3 Å². The minimum atomic E-state index is -0.101. The van der Waals surface area contributed by atoms with Crippen molar-refractivity contribution in [1.82, 2.24) is 4.98 Å². The zero-order valence-electron chi connectivity index (χ0n) is 19.7. The molecule has 0 aliphatic carbocycles. The molecule has 2 nitrogen and oxygen atoms in total. The van der Waals surface area contributed by atoms with Gasteiger partial charge in [-0.15, -0.1) is 0 Å². The summed E-state index contributed by atoms with van der Waals surface area (Å²) in [6, 6.07) is 31.3. The van der Waals surface area contributed by atoms with Gasteiger partial charge in [-0.3, -0.25) is 9.78 Å². The maximum Gasteiger partial charge on any atom is 0.144 e. The van der Waals surface area contributed by atoms with Gasteiger partial charge in [0.2, 0.25) is 0 Å². The Bertz CT molecular complexity index is 1210. The fourth-order valence-electron chi connectivity index (χ4n) is 4.35. The molecule has 4 rings (SSSR count). The molecule has 1 unspecified atom stereocenters. The Kier molecular flexibility index (Phi) is 7.14. The normalized spacial score (nSPS) is 12.0. The molecule has 0 saturated carbocycles. The molecule has 1 atom stereocenters. The molecule has 0 spiro atoms. The summed E-state index contributed by atoms with van der Waals surface area (Å²) in [6.07, 6.45) is 3.14.